The zero-order chi connectivity index (χ0) is 22.0. The summed E-state index contributed by atoms with van der Waals surface area (Å²) < 4.78 is 4.97. The number of fused-ring (bicyclic) bond motifs is 1. The van der Waals surface area contributed by atoms with Gasteiger partial charge >= 0.3 is 5.97 Å². The number of carbonyl (C=O) groups excluding carboxylic acids is 1. The SMILES string of the molecule is CCOC(=O)Cc1ccc(Nc2nc(-c3c(Cl)cccc3Cl)nc3c[nH]c(O)c23)cc1. The Morgan fingerprint density at radius 1 is 1.13 bits per heavy atom. The first-order chi connectivity index (χ1) is 15.0. The number of hydrogen-bond acceptors (Lipinski definition) is 6. The Labute approximate surface area is 188 Å². The van der Waals surface area contributed by atoms with E-state index in [1.807, 2.05) is 24.3 Å². The van der Waals surface area contributed by atoms with Gasteiger partial charge in [0.1, 0.15) is 11.2 Å². The summed E-state index contributed by atoms with van der Waals surface area (Å²) in [7, 11) is 0. The van der Waals surface area contributed by atoms with Crippen molar-refractivity contribution in [2.45, 2.75) is 13.3 Å². The molecule has 2 heterocycles. The van der Waals surface area contributed by atoms with Gasteiger partial charge in [-0.3, -0.25) is 4.79 Å². The lowest BCUT2D eigenvalue weighted by atomic mass is 10.1. The summed E-state index contributed by atoms with van der Waals surface area (Å²) in [5, 5.41) is 14.7. The Bertz CT molecular complexity index is 1240. The quantitative estimate of drug-likeness (QED) is 0.331. The zero-order valence-electron chi connectivity index (χ0n) is 16.4. The molecule has 0 bridgehead atoms. The fraction of sp³-hybridized carbons (Fsp3) is 0.136. The minimum Gasteiger partial charge on any atom is -0.494 e. The number of benzene rings is 2. The van der Waals surface area contributed by atoms with Crippen LogP contribution in [0.4, 0.5) is 11.5 Å². The fourth-order valence-electron chi connectivity index (χ4n) is 3.16. The van der Waals surface area contributed by atoms with Crippen LogP contribution in [0.15, 0.2) is 48.7 Å². The number of nitrogens with one attached hydrogen (secondary N) is 2. The summed E-state index contributed by atoms with van der Waals surface area (Å²) >= 11 is 12.7. The van der Waals surface area contributed by atoms with E-state index in [1.165, 1.54) is 0 Å². The number of halogens is 2. The first kappa shape index (κ1) is 21.0. The predicted octanol–water partition coefficient (Wildman–Crippen LogP) is 5.49. The van der Waals surface area contributed by atoms with Gasteiger partial charge in [0.15, 0.2) is 5.82 Å². The maximum Gasteiger partial charge on any atom is 0.310 e. The number of carbonyl (C=O) groups is 1. The first-order valence-electron chi connectivity index (χ1n) is 9.50. The summed E-state index contributed by atoms with van der Waals surface area (Å²) in [6.45, 7) is 2.12. The molecule has 4 rings (SSSR count). The summed E-state index contributed by atoms with van der Waals surface area (Å²) in [4.78, 5) is 23.5. The van der Waals surface area contributed by atoms with Gasteiger partial charge in [0.05, 0.1) is 34.2 Å². The maximum atomic E-state index is 11.7. The van der Waals surface area contributed by atoms with Crippen LogP contribution in [0.2, 0.25) is 10.0 Å². The molecule has 9 heteroatoms. The molecule has 4 aromatic rings. The first-order valence-corrected chi connectivity index (χ1v) is 10.3. The van der Waals surface area contributed by atoms with Crippen molar-refractivity contribution < 1.29 is 14.6 Å². The monoisotopic (exact) mass is 456 g/mol. The predicted molar refractivity (Wildman–Crippen MR) is 121 cm³/mol. The Morgan fingerprint density at radius 3 is 2.52 bits per heavy atom. The third kappa shape index (κ3) is 4.42. The molecular weight excluding hydrogens is 439 g/mol. The van der Waals surface area contributed by atoms with Crippen molar-refractivity contribution in [3.8, 4) is 17.3 Å². The molecule has 0 amide bonds. The number of hydrogen-bond donors (Lipinski definition) is 3. The van der Waals surface area contributed by atoms with E-state index in [0.717, 1.165) is 5.56 Å². The highest BCUT2D eigenvalue weighted by molar-refractivity contribution is 6.39. The molecule has 2 aromatic heterocycles. The molecule has 3 N–H and O–H groups in total. The maximum absolute atomic E-state index is 11.7. The molecule has 0 aliphatic carbocycles. The molecule has 7 nitrogen and oxygen atoms in total. The zero-order valence-corrected chi connectivity index (χ0v) is 18.0. The number of rotatable bonds is 6. The number of ether oxygens (including phenoxy) is 1. The average Bonchev–Trinajstić information content (AvgIpc) is 3.11. The largest absolute Gasteiger partial charge is 0.494 e. The summed E-state index contributed by atoms with van der Waals surface area (Å²) in [5.41, 5.74) is 2.54. The molecule has 0 aliphatic heterocycles. The smallest absolute Gasteiger partial charge is 0.310 e. The van der Waals surface area contributed by atoms with Crippen molar-refractivity contribution in [1.82, 2.24) is 15.0 Å². The minimum atomic E-state index is -0.278. The lowest BCUT2D eigenvalue weighted by Gasteiger charge is -2.11. The van der Waals surface area contributed by atoms with Gasteiger partial charge in [-0.15, -0.1) is 0 Å². The van der Waals surface area contributed by atoms with Gasteiger partial charge in [0.2, 0.25) is 5.88 Å². The summed E-state index contributed by atoms with van der Waals surface area (Å²) in [6.07, 6.45) is 1.77. The molecule has 0 aliphatic rings. The molecule has 158 valence electrons. The second kappa shape index (κ2) is 8.83. The van der Waals surface area contributed by atoms with E-state index in [0.29, 0.717) is 50.4 Å². The number of aromatic amines is 1. The van der Waals surface area contributed by atoms with E-state index in [1.54, 1.807) is 31.3 Å². The molecule has 31 heavy (non-hydrogen) atoms. The molecule has 0 saturated heterocycles. The van der Waals surface area contributed by atoms with Crippen LogP contribution in [0.25, 0.3) is 22.3 Å². The second-order valence-electron chi connectivity index (χ2n) is 6.69. The van der Waals surface area contributed by atoms with Crippen molar-refractivity contribution in [2.24, 2.45) is 0 Å². The number of aromatic nitrogens is 3. The van der Waals surface area contributed by atoms with Crippen molar-refractivity contribution in [1.29, 1.82) is 0 Å². The van der Waals surface area contributed by atoms with Crippen molar-refractivity contribution in [2.75, 3.05) is 11.9 Å². The number of aromatic hydroxyl groups is 1. The molecule has 0 spiro atoms. The molecule has 0 fully saturated rings. The van der Waals surface area contributed by atoms with Gasteiger partial charge in [-0.2, -0.15) is 0 Å². The van der Waals surface area contributed by atoms with Crippen LogP contribution in [0.3, 0.4) is 0 Å². The molecule has 0 atom stereocenters. The van der Waals surface area contributed by atoms with Crippen LogP contribution in [-0.2, 0) is 16.0 Å². The van der Waals surface area contributed by atoms with E-state index < -0.39 is 0 Å². The number of H-pyrrole nitrogens is 1. The Balaban J connectivity index is 1.70. The summed E-state index contributed by atoms with van der Waals surface area (Å²) in [6, 6.07) is 12.4. The third-order valence-corrected chi connectivity index (χ3v) is 5.21. The van der Waals surface area contributed by atoms with E-state index in [9.17, 15) is 9.90 Å². The lowest BCUT2D eigenvalue weighted by Crippen LogP contribution is -2.07. The van der Waals surface area contributed by atoms with Crippen LogP contribution in [0.1, 0.15) is 12.5 Å². The highest BCUT2D eigenvalue weighted by atomic mass is 35.5. The lowest BCUT2D eigenvalue weighted by molar-refractivity contribution is -0.142. The van der Waals surface area contributed by atoms with Gasteiger partial charge in [0, 0.05) is 11.9 Å². The van der Waals surface area contributed by atoms with Crippen LogP contribution >= 0.6 is 23.2 Å². The fourth-order valence-corrected chi connectivity index (χ4v) is 3.73. The Kier molecular flexibility index (Phi) is 5.97. The Hall–Kier alpha value is -3.29. The molecule has 2 aromatic carbocycles. The Morgan fingerprint density at radius 2 is 1.84 bits per heavy atom. The van der Waals surface area contributed by atoms with Crippen LogP contribution < -0.4 is 5.32 Å². The number of nitrogens with zero attached hydrogens (tertiary/aromatic N) is 2. The van der Waals surface area contributed by atoms with E-state index in [-0.39, 0.29) is 18.3 Å². The summed E-state index contributed by atoms with van der Waals surface area (Å²) in [5.74, 6) is 0.365. The number of esters is 1. The van der Waals surface area contributed by atoms with Crippen LogP contribution in [0, 0.1) is 0 Å². The van der Waals surface area contributed by atoms with Gasteiger partial charge in [-0.25, -0.2) is 9.97 Å². The highest BCUT2D eigenvalue weighted by Crippen LogP contribution is 2.37. The molecular formula is C22H18Cl2N4O3. The second-order valence-corrected chi connectivity index (χ2v) is 7.51. The van der Waals surface area contributed by atoms with Crippen molar-refractivity contribution in [3.63, 3.8) is 0 Å². The van der Waals surface area contributed by atoms with E-state index >= 15 is 0 Å². The highest BCUT2D eigenvalue weighted by Gasteiger charge is 2.18. The average molecular weight is 457 g/mol. The van der Waals surface area contributed by atoms with Crippen molar-refractivity contribution >= 4 is 51.6 Å². The van der Waals surface area contributed by atoms with E-state index in [4.69, 9.17) is 27.9 Å². The third-order valence-electron chi connectivity index (χ3n) is 4.58. The van der Waals surface area contributed by atoms with Crippen molar-refractivity contribution in [3.05, 3.63) is 64.3 Å². The van der Waals surface area contributed by atoms with Gasteiger partial charge in [0.25, 0.3) is 0 Å². The van der Waals surface area contributed by atoms with Gasteiger partial charge in [-0.1, -0.05) is 41.4 Å². The topological polar surface area (TPSA) is 100 Å². The van der Waals surface area contributed by atoms with Gasteiger partial charge < -0.3 is 20.1 Å². The van der Waals surface area contributed by atoms with Crippen LogP contribution in [-0.4, -0.2) is 32.6 Å². The van der Waals surface area contributed by atoms with Crippen LogP contribution in [0.5, 0.6) is 5.88 Å². The molecule has 0 radical (unpaired) electrons. The molecule has 0 saturated carbocycles. The van der Waals surface area contributed by atoms with E-state index in [2.05, 4.69) is 20.3 Å². The molecule has 0 unspecified atom stereocenters. The van der Waals surface area contributed by atoms with Gasteiger partial charge in [-0.05, 0) is 36.8 Å². The number of anilines is 2. The standard InChI is InChI=1S/C22H18Cl2N4O3/c1-2-31-17(29)10-12-6-8-13(9-7-12)26-21-19-16(11-25-22(19)30)27-20(28-21)18-14(23)4-3-5-15(18)24/h3-9,11,25,30H,2,10H2,1H3,(H,26,27,28). The normalized spacial score (nSPS) is 10.9. The minimum absolute atomic E-state index is 0.0618.